The minimum absolute atomic E-state index is 0.000528. The van der Waals surface area contributed by atoms with Crippen LogP contribution in [0.1, 0.15) is 38.5 Å². The predicted octanol–water partition coefficient (Wildman–Crippen LogP) is 1.52. The second-order valence-electron chi connectivity index (χ2n) is 5.01. The lowest BCUT2D eigenvalue weighted by Gasteiger charge is -2.19. The van der Waals surface area contributed by atoms with Gasteiger partial charge in [-0.3, -0.25) is 4.79 Å². The predicted molar refractivity (Wildman–Crippen MR) is 77.7 cm³/mol. The fourth-order valence-corrected chi connectivity index (χ4v) is 2.64. The van der Waals surface area contributed by atoms with Crippen molar-refractivity contribution in [1.29, 1.82) is 0 Å². The van der Waals surface area contributed by atoms with Crippen LogP contribution in [0, 0.1) is 5.92 Å². The Morgan fingerprint density at radius 2 is 1.76 bits per heavy atom. The standard InChI is InChI=1S/C13H24NO6P/c15-12(11-5-2-1-3-6-11)19-8-9-20-13(16)14-7-4-10-21(17)18/h11,17-18H,1-10H2,(H,14,16). The van der Waals surface area contributed by atoms with E-state index < -0.39 is 14.5 Å². The number of esters is 1. The van der Waals surface area contributed by atoms with Gasteiger partial charge in [-0.2, -0.15) is 0 Å². The Morgan fingerprint density at radius 1 is 1.10 bits per heavy atom. The van der Waals surface area contributed by atoms with Gasteiger partial charge in [0.25, 0.3) is 0 Å². The summed E-state index contributed by atoms with van der Waals surface area (Å²) in [5.74, 6) is -0.197. The van der Waals surface area contributed by atoms with Gasteiger partial charge >= 0.3 is 12.1 Å². The van der Waals surface area contributed by atoms with E-state index in [1.165, 1.54) is 6.42 Å². The van der Waals surface area contributed by atoms with Crippen molar-refractivity contribution in [3.63, 3.8) is 0 Å². The molecule has 0 aromatic rings. The molecule has 1 aliphatic carbocycles. The molecule has 1 aliphatic rings. The third-order valence-electron chi connectivity index (χ3n) is 3.30. The maximum Gasteiger partial charge on any atom is 0.407 e. The second kappa shape index (κ2) is 10.8. The first kappa shape index (κ1) is 18.1. The van der Waals surface area contributed by atoms with Crippen LogP contribution in [0.25, 0.3) is 0 Å². The van der Waals surface area contributed by atoms with E-state index in [0.29, 0.717) is 13.0 Å². The summed E-state index contributed by atoms with van der Waals surface area (Å²) in [6.45, 7) is 0.416. The van der Waals surface area contributed by atoms with Gasteiger partial charge in [0.1, 0.15) is 13.2 Å². The molecule has 0 unspecified atom stereocenters. The highest BCUT2D eigenvalue weighted by Gasteiger charge is 2.22. The van der Waals surface area contributed by atoms with Gasteiger partial charge in [-0.25, -0.2) is 4.79 Å². The van der Waals surface area contributed by atoms with Crippen molar-refractivity contribution in [3.8, 4) is 0 Å². The zero-order valence-electron chi connectivity index (χ0n) is 12.1. The second-order valence-corrected chi connectivity index (χ2v) is 6.21. The third-order valence-corrected chi connectivity index (χ3v) is 4.02. The summed E-state index contributed by atoms with van der Waals surface area (Å²) in [7, 11) is -1.91. The van der Waals surface area contributed by atoms with E-state index in [1.807, 2.05) is 0 Å². The zero-order chi connectivity index (χ0) is 15.5. The molecule has 0 spiro atoms. The molecule has 7 nitrogen and oxygen atoms in total. The minimum atomic E-state index is -1.91. The van der Waals surface area contributed by atoms with Crippen molar-refractivity contribution >= 4 is 20.4 Å². The largest absolute Gasteiger partial charge is 0.462 e. The molecule has 0 heterocycles. The molecular formula is C13H24NO6P. The number of nitrogens with one attached hydrogen (secondary N) is 1. The molecule has 0 aromatic heterocycles. The molecule has 1 saturated carbocycles. The van der Waals surface area contributed by atoms with Crippen molar-refractivity contribution in [2.24, 2.45) is 5.92 Å². The first-order chi connectivity index (χ1) is 10.1. The Morgan fingerprint density at radius 3 is 2.43 bits per heavy atom. The van der Waals surface area contributed by atoms with E-state index in [-0.39, 0.29) is 31.3 Å². The Hall–Kier alpha value is -0.910. The van der Waals surface area contributed by atoms with E-state index in [9.17, 15) is 9.59 Å². The van der Waals surface area contributed by atoms with Crippen LogP contribution in [0.15, 0.2) is 0 Å². The summed E-state index contributed by atoms with van der Waals surface area (Å²) >= 11 is 0. The molecule has 122 valence electrons. The molecule has 3 N–H and O–H groups in total. The average Bonchev–Trinajstić information content (AvgIpc) is 2.48. The van der Waals surface area contributed by atoms with E-state index in [1.54, 1.807) is 0 Å². The van der Waals surface area contributed by atoms with Crippen LogP contribution in [0.3, 0.4) is 0 Å². The van der Waals surface area contributed by atoms with Gasteiger partial charge in [0.15, 0.2) is 8.38 Å². The third kappa shape index (κ3) is 8.86. The molecule has 0 bridgehead atoms. The highest BCUT2D eigenvalue weighted by atomic mass is 31.2. The van der Waals surface area contributed by atoms with E-state index >= 15 is 0 Å². The Labute approximate surface area is 125 Å². The van der Waals surface area contributed by atoms with Gasteiger partial charge in [-0.05, 0) is 19.3 Å². The van der Waals surface area contributed by atoms with Crippen LogP contribution in [-0.4, -0.2) is 47.8 Å². The van der Waals surface area contributed by atoms with Crippen LogP contribution in [-0.2, 0) is 14.3 Å². The number of rotatable bonds is 8. The molecule has 0 aromatic carbocycles. The van der Waals surface area contributed by atoms with Crippen LogP contribution in [0.2, 0.25) is 0 Å². The highest BCUT2D eigenvalue weighted by Crippen LogP contribution is 2.24. The fraction of sp³-hybridized carbons (Fsp3) is 0.846. The SMILES string of the molecule is O=C(NCCCP(O)O)OCCOC(=O)C1CCCCC1. The molecule has 8 heteroatoms. The molecule has 21 heavy (non-hydrogen) atoms. The molecule has 1 rings (SSSR count). The van der Waals surface area contributed by atoms with E-state index in [2.05, 4.69) is 5.32 Å². The number of hydrogen-bond acceptors (Lipinski definition) is 6. The molecule has 1 fully saturated rings. The molecular weight excluding hydrogens is 297 g/mol. The summed E-state index contributed by atoms with van der Waals surface area (Å²) in [6.07, 6.45) is 5.24. The monoisotopic (exact) mass is 321 g/mol. The number of hydrogen-bond donors (Lipinski definition) is 3. The van der Waals surface area contributed by atoms with Crippen molar-refractivity contribution < 1.29 is 28.8 Å². The van der Waals surface area contributed by atoms with Gasteiger partial charge in [-0.1, -0.05) is 19.3 Å². The Kier molecular flexibility index (Phi) is 9.30. The summed E-state index contributed by atoms with van der Waals surface area (Å²) in [5, 5.41) is 2.48. The van der Waals surface area contributed by atoms with E-state index in [0.717, 1.165) is 25.7 Å². The molecule has 1 amide bonds. The van der Waals surface area contributed by atoms with Crippen LogP contribution in [0.4, 0.5) is 4.79 Å². The minimum Gasteiger partial charge on any atom is -0.462 e. The first-order valence-corrected chi connectivity index (χ1v) is 8.75. The van der Waals surface area contributed by atoms with Crippen LogP contribution in [0.5, 0.6) is 0 Å². The Balaban J connectivity index is 1.97. The topological polar surface area (TPSA) is 105 Å². The summed E-state index contributed by atoms with van der Waals surface area (Å²) in [5.41, 5.74) is 0. The van der Waals surface area contributed by atoms with Gasteiger partial charge < -0.3 is 24.6 Å². The lowest BCUT2D eigenvalue weighted by molar-refractivity contribution is -0.150. The first-order valence-electron chi connectivity index (χ1n) is 7.32. The summed E-state index contributed by atoms with van der Waals surface area (Å²) in [4.78, 5) is 40.3. The number of alkyl carbamates (subject to hydrolysis) is 1. The van der Waals surface area contributed by atoms with Crippen molar-refractivity contribution in [1.82, 2.24) is 5.32 Å². The molecule has 0 atom stereocenters. The summed E-state index contributed by atoms with van der Waals surface area (Å²) in [6, 6.07) is 0. The number of carbonyl (C=O) groups is 2. The van der Waals surface area contributed by atoms with Gasteiger partial charge in [0.05, 0.1) is 5.92 Å². The molecule has 0 aliphatic heterocycles. The maximum atomic E-state index is 11.7. The number of carbonyl (C=O) groups excluding carboxylic acids is 2. The highest BCUT2D eigenvalue weighted by molar-refractivity contribution is 7.45. The molecule has 0 radical (unpaired) electrons. The van der Waals surface area contributed by atoms with Gasteiger partial charge in [0.2, 0.25) is 0 Å². The zero-order valence-corrected chi connectivity index (χ0v) is 13.0. The normalized spacial score (nSPS) is 15.8. The van der Waals surface area contributed by atoms with Crippen LogP contribution < -0.4 is 5.32 Å². The number of amides is 1. The van der Waals surface area contributed by atoms with Crippen molar-refractivity contribution in [2.75, 3.05) is 25.9 Å². The van der Waals surface area contributed by atoms with Crippen LogP contribution >= 0.6 is 8.38 Å². The maximum absolute atomic E-state index is 11.7. The average molecular weight is 321 g/mol. The van der Waals surface area contributed by atoms with E-state index in [4.69, 9.17) is 19.3 Å². The quantitative estimate of drug-likeness (QED) is 0.356. The molecule has 0 saturated heterocycles. The smallest absolute Gasteiger partial charge is 0.407 e. The van der Waals surface area contributed by atoms with Gasteiger partial charge in [-0.15, -0.1) is 0 Å². The summed E-state index contributed by atoms with van der Waals surface area (Å²) < 4.78 is 9.92. The Bertz CT molecular complexity index is 320. The van der Waals surface area contributed by atoms with Crippen molar-refractivity contribution in [3.05, 3.63) is 0 Å². The number of ether oxygens (including phenoxy) is 2. The fourth-order valence-electron chi connectivity index (χ4n) is 2.19. The lowest BCUT2D eigenvalue weighted by Crippen LogP contribution is -2.28. The van der Waals surface area contributed by atoms with Gasteiger partial charge in [0, 0.05) is 12.7 Å². The lowest BCUT2D eigenvalue weighted by atomic mass is 9.89. The van der Waals surface area contributed by atoms with Crippen molar-refractivity contribution in [2.45, 2.75) is 38.5 Å².